The summed E-state index contributed by atoms with van der Waals surface area (Å²) in [6, 6.07) is 48.6. The highest BCUT2D eigenvalue weighted by Crippen LogP contribution is 2.48. The Morgan fingerprint density at radius 2 is 1.28 bits per heavy atom. The molecule has 0 N–H and O–H groups in total. The fraction of sp³-hybridized carbons (Fsp3) is 0.192. The number of ether oxygens (including phenoxy) is 1. The Morgan fingerprint density at radius 1 is 0.614 bits per heavy atom. The fourth-order valence-electron chi connectivity index (χ4n) is 8.61. The zero-order chi connectivity index (χ0) is 41.9. The van der Waals surface area contributed by atoms with Gasteiger partial charge in [-0.15, -0.1) is 0 Å². The molecule has 3 heterocycles. The van der Waals surface area contributed by atoms with Crippen molar-refractivity contribution in [3.8, 4) is 11.5 Å². The Balaban J connectivity index is 1.29. The SMILES string of the molecule is [2H]C([2H])([2H])c1ccc(N(c2ccc(C)cc2)c2cc3c4c(c2)N(c2ccc5ccccc5c2)c2ccc(C(C)(C)C)cc2B4c2oc4ccc(C(C)(C)C)cc4c2O3)cc1. The quantitative estimate of drug-likeness (QED) is 0.168. The van der Waals surface area contributed by atoms with Crippen LogP contribution < -0.4 is 31.1 Å². The standard InChI is InChI=1S/C52H47BN2O2/c1-32-13-20-38(21-14-32)54(39-22-15-33(2)16-23-39)41-30-45-48-47(31-41)56-49-42-28-36(51(3,4)5)19-26-46(42)57-50(49)53(48)43-29-37(52(6,7)8)18-25-44(43)55(45)40-24-17-34-11-9-10-12-35(34)27-40/h9-31H,1-8H3/i1D3. The van der Waals surface area contributed by atoms with Gasteiger partial charge in [0.25, 0.3) is 0 Å². The third-order valence-electron chi connectivity index (χ3n) is 11.8. The van der Waals surface area contributed by atoms with Crippen LogP contribution in [0, 0.1) is 13.8 Å². The lowest BCUT2D eigenvalue weighted by molar-refractivity contribution is 0.482. The van der Waals surface area contributed by atoms with Crippen molar-refractivity contribution < 1.29 is 13.3 Å². The highest BCUT2D eigenvalue weighted by Gasteiger charge is 2.46. The molecule has 0 aliphatic carbocycles. The van der Waals surface area contributed by atoms with E-state index in [1.807, 2.05) is 12.1 Å². The molecule has 8 aromatic rings. The summed E-state index contributed by atoms with van der Waals surface area (Å²) in [5.74, 6) is 1.49. The van der Waals surface area contributed by atoms with E-state index in [4.69, 9.17) is 13.3 Å². The number of fused-ring (bicyclic) bond motifs is 7. The van der Waals surface area contributed by atoms with Crippen molar-refractivity contribution in [1.29, 1.82) is 0 Å². The molecular weight excluding hydrogens is 695 g/mol. The summed E-state index contributed by atoms with van der Waals surface area (Å²) in [6.45, 7) is 13.1. The lowest BCUT2D eigenvalue weighted by atomic mass is 9.36. The van der Waals surface area contributed by atoms with E-state index in [9.17, 15) is 0 Å². The lowest BCUT2D eigenvalue weighted by Crippen LogP contribution is -2.59. The van der Waals surface area contributed by atoms with Gasteiger partial charge in [-0.05, 0) is 113 Å². The highest BCUT2D eigenvalue weighted by atomic mass is 16.5. The Bertz CT molecular complexity index is 2990. The highest BCUT2D eigenvalue weighted by molar-refractivity contribution is 6.98. The number of rotatable bonds is 4. The van der Waals surface area contributed by atoms with Gasteiger partial charge in [-0.2, -0.15) is 0 Å². The number of furan rings is 1. The molecule has 5 heteroatoms. The fourth-order valence-corrected chi connectivity index (χ4v) is 8.61. The number of nitrogens with zero attached hydrogens (tertiary/aromatic N) is 2. The van der Waals surface area contributed by atoms with Crippen molar-refractivity contribution in [2.75, 3.05) is 9.80 Å². The Kier molecular flexibility index (Phi) is 7.10. The summed E-state index contributed by atoms with van der Waals surface area (Å²) in [5.41, 5.74) is 13.3. The maximum absolute atomic E-state index is 8.09. The van der Waals surface area contributed by atoms with E-state index in [0.717, 1.165) is 84.1 Å². The van der Waals surface area contributed by atoms with Crippen LogP contribution in [0.2, 0.25) is 0 Å². The Morgan fingerprint density at radius 3 is 1.98 bits per heavy atom. The summed E-state index contributed by atoms with van der Waals surface area (Å²) in [7, 11) is 0. The van der Waals surface area contributed by atoms with Crippen LogP contribution in [-0.2, 0) is 10.8 Å². The van der Waals surface area contributed by atoms with E-state index in [-0.39, 0.29) is 17.5 Å². The molecule has 0 saturated carbocycles. The largest absolute Gasteiger partial charge is 0.466 e. The topological polar surface area (TPSA) is 28.9 Å². The van der Waals surface area contributed by atoms with Crippen LogP contribution in [0.3, 0.4) is 0 Å². The zero-order valence-corrected chi connectivity index (χ0v) is 33.6. The van der Waals surface area contributed by atoms with Crippen LogP contribution in [0.25, 0.3) is 21.7 Å². The van der Waals surface area contributed by atoms with Gasteiger partial charge in [-0.1, -0.05) is 125 Å². The molecule has 0 radical (unpaired) electrons. The molecule has 280 valence electrons. The van der Waals surface area contributed by atoms with Gasteiger partial charge in [0.2, 0.25) is 0 Å². The molecule has 10 rings (SSSR count). The van der Waals surface area contributed by atoms with Crippen molar-refractivity contribution >= 4 is 79.2 Å². The third-order valence-corrected chi connectivity index (χ3v) is 11.8. The first kappa shape index (κ1) is 31.9. The molecule has 57 heavy (non-hydrogen) atoms. The number of benzene rings is 7. The van der Waals surface area contributed by atoms with Gasteiger partial charge < -0.3 is 19.0 Å². The summed E-state index contributed by atoms with van der Waals surface area (Å²) in [5, 5.41) is 3.28. The first-order valence-electron chi connectivity index (χ1n) is 21.4. The molecule has 1 aromatic heterocycles. The predicted molar refractivity (Wildman–Crippen MR) is 241 cm³/mol. The Hall–Kier alpha value is -6.20. The van der Waals surface area contributed by atoms with Crippen LogP contribution in [0.5, 0.6) is 11.5 Å². The molecule has 4 nitrogen and oxygen atoms in total. The first-order chi connectivity index (χ1) is 28.5. The van der Waals surface area contributed by atoms with Crippen molar-refractivity contribution in [3.63, 3.8) is 0 Å². The number of hydrogen-bond donors (Lipinski definition) is 0. The first-order valence-corrected chi connectivity index (χ1v) is 19.9. The second kappa shape index (κ2) is 12.7. The maximum atomic E-state index is 8.09. The lowest BCUT2D eigenvalue weighted by Gasteiger charge is -2.40. The van der Waals surface area contributed by atoms with Gasteiger partial charge in [-0.25, -0.2) is 0 Å². The summed E-state index contributed by atoms with van der Waals surface area (Å²) < 4.78 is 38.5. The second-order valence-electron chi connectivity index (χ2n) is 17.8. The molecule has 0 amide bonds. The van der Waals surface area contributed by atoms with Crippen LogP contribution in [0.1, 0.15) is 67.9 Å². The maximum Gasteiger partial charge on any atom is 0.301 e. The molecule has 0 unspecified atom stereocenters. The Labute approximate surface area is 340 Å². The molecule has 0 spiro atoms. The van der Waals surface area contributed by atoms with Crippen molar-refractivity contribution in [2.45, 2.75) is 66.1 Å². The van der Waals surface area contributed by atoms with E-state index >= 15 is 0 Å². The van der Waals surface area contributed by atoms with Gasteiger partial charge in [-0.3, -0.25) is 0 Å². The van der Waals surface area contributed by atoms with Crippen LogP contribution in [0.4, 0.5) is 34.1 Å². The minimum Gasteiger partial charge on any atom is -0.466 e. The zero-order valence-electron chi connectivity index (χ0n) is 36.6. The second-order valence-corrected chi connectivity index (χ2v) is 17.8. The summed E-state index contributed by atoms with van der Waals surface area (Å²) >= 11 is 0. The van der Waals surface area contributed by atoms with Crippen molar-refractivity contribution in [1.82, 2.24) is 0 Å². The molecule has 0 bridgehead atoms. The predicted octanol–water partition coefficient (Wildman–Crippen LogP) is 12.7. The van der Waals surface area contributed by atoms with E-state index in [1.54, 1.807) is 12.1 Å². The van der Waals surface area contributed by atoms with Gasteiger partial charge in [0, 0.05) is 44.1 Å². The van der Waals surface area contributed by atoms with Gasteiger partial charge >= 0.3 is 6.71 Å². The monoisotopic (exact) mass is 745 g/mol. The normalized spacial score (nSPS) is 14.3. The molecular formula is C52H47BN2O2. The summed E-state index contributed by atoms with van der Waals surface area (Å²) in [4.78, 5) is 4.57. The van der Waals surface area contributed by atoms with E-state index in [0.29, 0.717) is 5.56 Å². The van der Waals surface area contributed by atoms with Gasteiger partial charge in [0.15, 0.2) is 5.75 Å². The van der Waals surface area contributed by atoms with Crippen molar-refractivity contribution in [3.05, 3.63) is 162 Å². The van der Waals surface area contributed by atoms with Gasteiger partial charge in [0.05, 0.1) is 11.1 Å². The molecule has 0 fully saturated rings. The average molecular weight is 746 g/mol. The minimum absolute atomic E-state index is 0.0751. The number of anilines is 6. The third kappa shape index (κ3) is 5.82. The van der Waals surface area contributed by atoms with Crippen LogP contribution >= 0.6 is 0 Å². The molecule has 2 aliphatic heterocycles. The molecule has 7 aromatic carbocycles. The van der Waals surface area contributed by atoms with Gasteiger partial charge in [0.1, 0.15) is 17.0 Å². The van der Waals surface area contributed by atoms with Crippen molar-refractivity contribution in [2.24, 2.45) is 0 Å². The molecule has 2 aliphatic rings. The van der Waals surface area contributed by atoms with E-state index in [2.05, 4.69) is 174 Å². The van der Waals surface area contributed by atoms with E-state index < -0.39 is 6.85 Å². The average Bonchev–Trinajstić information content (AvgIpc) is 3.58. The van der Waals surface area contributed by atoms with Crippen LogP contribution in [0.15, 0.2) is 144 Å². The molecule has 0 saturated heterocycles. The minimum atomic E-state index is -2.22. The number of hydrogen-bond acceptors (Lipinski definition) is 4. The smallest absolute Gasteiger partial charge is 0.301 e. The van der Waals surface area contributed by atoms with Crippen LogP contribution in [-0.4, -0.2) is 6.71 Å². The van der Waals surface area contributed by atoms with E-state index in [1.165, 1.54) is 16.5 Å². The molecule has 0 atom stereocenters. The summed E-state index contributed by atoms with van der Waals surface area (Å²) in [6.07, 6.45) is 0. The number of aryl methyl sites for hydroxylation is 2.